The average Bonchev–Trinajstić information content (AvgIpc) is 3.29. The smallest absolute Gasteiger partial charge is 0.259 e. The monoisotopic (exact) mass is 368 g/mol. The van der Waals surface area contributed by atoms with Crippen LogP contribution < -0.4 is 5.56 Å². The summed E-state index contributed by atoms with van der Waals surface area (Å²) >= 11 is 3.48. The summed E-state index contributed by atoms with van der Waals surface area (Å²) in [5.41, 5.74) is 2.29. The van der Waals surface area contributed by atoms with E-state index in [1.165, 1.54) is 17.0 Å². The quantitative estimate of drug-likeness (QED) is 0.690. The lowest BCUT2D eigenvalue weighted by molar-refractivity contribution is 0.115. The van der Waals surface area contributed by atoms with Crippen molar-refractivity contribution in [3.05, 3.63) is 68.1 Å². The van der Waals surface area contributed by atoms with Crippen molar-refractivity contribution >= 4 is 22.7 Å². The van der Waals surface area contributed by atoms with Gasteiger partial charge >= 0.3 is 0 Å². The van der Waals surface area contributed by atoms with Crippen molar-refractivity contribution in [2.24, 2.45) is 5.92 Å². The molecule has 0 spiro atoms. The van der Waals surface area contributed by atoms with Gasteiger partial charge in [-0.25, -0.2) is 0 Å². The van der Waals surface area contributed by atoms with Gasteiger partial charge in [0, 0.05) is 47.5 Å². The van der Waals surface area contributed by atoms with E-state index in [1.807, 2.05) is 34.9 Å². The molecule has 2 unspecified atom stereocenters. The highest BCUT2D eigenvalue weighted by atomic mass is 32.1. The van der Waals surface area contributed by atoms with Crippen LogP contribution in [-0.4, -0.2) is 22.6 Å². The zero-order valence-electron chi connectivity index (χ0n) is 13.9. The van der Waals surface area contributed by atoms with Gasteiger partial charge in [0.05, 0.1) is 5.56 Å². The Morgan fingerprint density at radius 3 is 2.68 bits per heavy atom. The number of nitrogens with zero attached hydrogens (tertiary/aromatic N) is 2. The van der Waals surface area contributed by atoms with Crippen LogP contribution in [-0.2, 0) is 13.1 Å². The van der Waals surface area contributed by atoms with Crippen molar-refractivity contribution in [3.8, 4) is 10.4 Å². The van der Waals surface area contributed by atoms with Crippen LogP contribution in [0.1, 0.15) is 22.9 Å². The summed E-state index contributed by atoms with van der Waals surface area (Å²) in [7, 11) is 0. The van der Waals surface area contributed by atoms with Crippen LogP contribution in [0.2, 0.25) is 0 Å². The Labute approximate surface area is 155 Å². The maximum Gasteiger partial charge on any atom is 0.259 e. The molecule has 5 heterocycles. The molecular formula is C20H20N2OS2. The molecule has 2 aliphatic rings. The van der Waals surface area contributed by atoms with E-state index in [4.69, 9.17) is 0 Å². The van der Waals surface area contributed by atoms with E-state index in [2.05, 4.69) is 33.0 Å². The number of hydrogen-bond acceptors (Lipinski definition) is 4. The third-order valence-corrected chi connectivity index (χ3v) is 7.19. The average molecular weight is 369 g/mol. The van der Waals surface area contributed by atoms with Crippen LogP contribution in [0.25, 0.3) is 10.4 Å². The first-order valence-electron chi connectivity index (χ1n) is 8.80. The molecule has 128 valence electrons. The van der Waals surface area contributed by atoms with Gasteiger partial charge in [-0.15, -0.1) is 22.7 Å². The second-order valence-corrected chi connectivity index (χ2v) is 9.12. The Bertz CT molecular complexity index is 927. The highest BCUT2D eigenvalue weighted by Crippen LogP contribution is 2.36. The molecule has 0 aromatic carbocycles. The molecule has 2 atom stereocenters. The molecule has 0 saturated carbocycles. The van der Waals surface area contributed by atoms with Crippen molar-refractivity contribution < 1.29 is 0 Å². The molecule has 0 radical (unpaired) electrons. The topological polar surface area (TPSA) is 25.2 Å². The number of rotatable bonds is 3. The predicted octanol–water partition coefficient (Wildman–Crippen LogP) is 4.26. The summed E-state index contributed by atoms with van der Waals surface area (Å²) in [5.74, 6) is 1.07. The molecule has 1 saturated heterocycles. The minimum atomic E-state index is 0.196. The number of thiophene rings is 2. The van der Waals surface area contributed by atoms with Gasteiger partial charge in [-0.05, 0) is 47.4 Å². The Hall–Kier alpha value is -1.69. The molecule has 0 aliphatic carbocycles. The van der Waals surface area contributed by atoms with Gasteiger partial charge in [0.15, 0.2) is 0 Å². The van der Waals surface area contributed by atoms with Gasteiger partial charge in [0.25, 0.3) is 5.56 Å². The number of piperidine rings is 1. The molecule has 25 heavy (non-hydrogen) atoms. The lowest BCUT2D eigenvalue weighted by Crippen LogP contribution is -2.46. The van der Waals surface area contributed by atoms with Crippen LogP contribution >= 0.6 is 22.7 Å². The molecule has 0 N–H and O–H groups in total. The number of likely N-dealkylation sites (tertiary alicyclic amines) is 1. The molecule has 1 fully saturated rings. The fourth-order valence-corrected chi connectivity index (χ4v) is 5.91. The van der Waals surface area contributed by atoms with Crippen LogP contribution in [0.5, 0.6) is 0 Å². The molecule has 2 aliphatic heterocycles. The number of pyridine rings is 1. The summed E-state index contributed by atoms with van der Waals surface area (Å²) in [5, 5.41) is 4.19. The summed E-state index contributed by atoms with van der Waals surface area (Å²) in [6, 6.07) is 12.7. The maximum atomic E-state index is 13.0. The van der Waals surface area contributed by atoms with E-state index >= 15 is 0 Å². The first-order valence-corrected chi connectivity index (χ1v) is 10.6. The van der Waals surface area contributed by atoms with E-state index in [1.54, 1.807) is 11.3 Å². The second kappa shape index (κ2) is 6.24. The molecule has 5 heteroatoms. The van der Waals surface area contributed by atoms with E-state index in [9.17, 15) is 4.79 Å². The second-order valence-electron chi connectivity index (χ2n) is 7.14. The molecule has 2 bridgehead atoms. The van der Waals surface area contributed by atoms with E-state index in [0.29, 0.717) is 11.8 Å². The van der Waals surface area contributed by atoms with Crippen LogP contribution in [0.3, 0.4) is 0 Å². The van der Waals surface area contributed by atoms with Gasteiger partial charge in [-0.1, -0.05) is 12.1 Å². The van der Waals surface area contributed by atoms with Crippen molar-refractivity contribution in [2.45, 2.75) is 25.4 Å². The summed E-state index contributed by atoms with van der Waals surface area (Å²) in [4.78, 5) is 18.1. The normalized spacial score (nSPS) is 22.7. The molecule has 0 amide bonds. The zero-order valence-corrected chi connectivity index (χ0v) is 15.6. The highest BCUT2D eigenvalue weighted by Gasteiger charge is 2.35. The van der Waals surface area contributed by atoms with Gasteiger partial charge in [0.2, 0.25) is 0 Å². The zero-order chi connectivity index (χ0) is 16.8. The first kappa shape index (κ1) is 15.6. The summed E-state index contributed by atoms with van der Waals surface area (Å²) in [6.07, 6.45) is 1.22. The largest absolute Gasteiger partial charge is 0.311 e. The standard InChI is InChI=1S/C20H20N2OS2/c23-20-17(19-4-2-8-25-19)5-6-18-15-9-14(11-22(18)20)10-21(12-15)13-16-3-1-7-24-16/h1-8,14-15H,9-13H2. The number of hydrogen-bond donors (Lipinski definition) is 0. The minimum Gasteiger partial charge on any atom is -0.311 e. The molecule has 3 aromatic rings. The van der Waals surface area contributed by atoms with Gasteiger partial charge in [0.1, 0.15) is 0 Å². The van der Waals surface area contributed by atoms with Crippen LogP contribution in [0.4, 0.5) is 0 Å². The number of fused-ring (bicyclic) bond motifs is 4. The minimum absolute atomic E-state index is 0.196. The van der Waals surface area contributed by atoms with Crippen LogP contribution in [0, 0.1) is 5.92 Å². The summed E-state index contributed by atoms with van der Waals surface area (Å²) in [6.45, 7) is 4.07. The van der Waals surface area contributed by atoms with Crippen molar-refractivity contribution in [1.29, 1.82) is 0 Å². The van der Waals surface area contributed by atoms with Crippen molar-refractivity contribution in [3.63, 3.8) is 0 Å². The van der Waals surface area contributed by atoms with E-state index in [0.717, 1.165) is 36.6 Å². The Kier molecular flexibility index (Phi) is 3.88. The molecular weight excluding hydrogens is 348 g/mol. The molecule has 5 rings (SSSR count). The van der Waals surface area contributed by atoms with Crippen LogP contribution in [0.15, 0.2) is 52.0 Å². The van der Waals surface area contributed by atoms with Gasteiger partial charge in [-0.2, -0.15) is 0 Å². The third-order valence-electron chi connectivity index (χ3n) is 5.43. The Morgan fingerprint density at radius 1 is 1.00 bits per heavy atom. The maximum absolute atomic E-state index is 13.0. The Balaban J connectivity index is 1.46. The van der Waals surface area contributed by atoms with Gasteiger partial charge in [-0.3, -0.25) is 9.69 Å². The first-order chi connectivity index (χ1) is 12.3. The SMILES string of the molecule is O=c1c(-c2cccs2)ccc2n1CC1CC2CN(Cc2cccs2)C1. The van der Waals surface area contributed by atoms with E-state index in [-0.39, 0.29) is 5.56 Å². The lowest BCUT2D eigenvalue weighted by atomic mass is 9.83. The van der Waals surface area contributed by atoms with Crippen molar-refractivity contribution in [1.82, 2.24) is 9.47 Å². The lowest BCUT2D eigenvalue weighted by Gasteiger charge is -2.42. The molecule has 3 nitrogen and oxygen atoms in total. The number of aromatic nitrogens is 1. The summed E-state index contributed by atoms with van der Waals surface area (Å²) < 4.78 is 2.07. The van der Waals surface area contributed by atoms with Crippen molar-refractivity contribution in [2.75, 3.05) is 13.1 Å². The molecule has 3 aromatic heterocycles. The fraction of sp³-hybridized carbons (Fsp3) is 0.350. The third kappa shape index (κ3) is 2.80. The van der Waals surface area contributed by atoms with E-state index < -0.39 is 0 Å². The Morgan fingerprint density at radius 2 is 1.88 bits per heavy atom. The van der Waals surface area contributed by atoms with Gasteiger partial charge < -0.3 is 4.57 Å². The highest BCUT2D eigenvalue weighted by molar-refractivity contribution is 7.13. The fourth-order valence-electron chi connectivity index (χ4n) is 4.42. The predicted molar refractivity (Wildman–Crippen MR) is 104 cm³/mol.